The number of hydrogen-bond acceptors (Lipinski definition) is 3. The van der Waals surface area contributed by atoms with Crippen molar-refractivity contribution in [3.05, 3.63) is 34.6 Å². The zero-order valence-corrected chi connectivity index (χ0v) is 14.8. The maximum absolute atomic E-state index is 13.1. The first-order valence-corrected chi connectivity index (χ1v) is 8.99. The van der Waals surface area contributed by atoms with E-state index in [2.05, 4.69) is 4.90 Å². The Labute approximate surface area is 151 Å². The summed E-state index contributed by atoms with van der Waals surface area (Å²) in [5, 5.41) is 9.96. The Hall–Kier alpha value is -1.66. The largest absolute Gasteiger partial charge is 0.480 e. The van der Waals surface area contributed by atoms with E-state index in [-0.39, 0.29) is 11.7 Å². The van der Waals surface area contributed by atoms with Crippen molar-refractivity contribution in [1.29, 1.82) is 0 Å². The van der Waals surface area contributed by atoms with Gasteiger partial charge in [0.1, 0.15) is 11.2 Å². The Morgan fingerprint density at radius 3 is 2.36 bits per heavy atom. The number of rotatable bonds is 4. The third kappa shape index (κ3) is 3.65. The standard InChI is InChI=1S/C18H22ClFN2O3/c19-15-11-14(20)4-3-13(15)12-21-7-9-22(10-8-21)16(23)18(17(24)25)5-1-2-6-18/h3-4,11H,1-2,5-10,12H2,(H,24,25). The predicted molar refractivity (Wildman–Crippen MR) is 91.8 cm³/mol. The topological polar surface area (TPSA) is 60.9 Å². The van der Waals surface area contributed by atoms with Crippen LogP contribution in [-0.2, 0) is 16.1 Å². The zero-order chi connectivity index (χ0) is 18.0. The molecule has 1 aromatic carbocycles. The SMILES string of the molecule is O=C(O)C1(C(=O)N2CCN(Cc3ccc(F)cc3Cl)CC2)CCCC1. The number of hydrogen-bond donors (Lipinski definition) is 1. The van der Waals surface area contributed by atoms with Gasteiger partial charge in [0, 0.05) is 37.7 Å². The fraction of sp³-hybridized carbons (Fsp3) is 0.556. The Bertz CT molecular complexity index is 668. The summed E-state index contributed by atoms with van der Waals surface area (Å²) in [6, 6.07) is 4.36. The molecule has 2 aliphatic rings. The van der Waals surface area contributed by atoms with Gasteiger partial charge in [-0.2, -0.15) is 0 Å². The van der Waals surface area contributed by atoms with Crippen LogP contribution in [0.1, 0.15) is 31.2 Å². The second-order valence-corrected chi connectivity index (χ2v) is 7.31. The van der Waals surface area contributed by atoms with Gasteiger partial charge in [-0.3, -0.25) is 14.5 Å². The van der Waals surface area contributed by atoms with Crippen molar-refractivity contribution in [3.8, 4) is 0 Å². The van der Waals surface area contributed by atoms with Crippen molar-refractivity contribution >= 4 is 23.5 Å². The Morgan fingerprint density at radius 2 is 1.80 bits per heavy atom. The highest BCUT2D eigenvalue weighted by Crippen LogP contribution is 2.40. The quantitative estimate of drug-likeness (QED) is 0.830. The summed E-state index contributed by atoms with van der Waals surface area (Å²) in [6.45, 7) is 2.90. The van der Waals surface area contributed by atoms with Crippen LogP contribution < -0.4 is 0 Å². The fourth-order valence-corrected chi connectivity index (χ4v) is 4.03. The van der Waals surface area contributed by atoms with Crippen LogP contribution in [0.4, 0.5) is 4.39 Å². The molecule has 1 N–H and O–H groups in total. The van der Waals surface area contributed by atoms with Gasteiger partial charge in [0.2, 0.25) is 5.91 Å². The van der Waals surface area contributed by atoms with E-state index in [0.717, 1.165) is 18.4 Å². The van der Waals surface area contributed by atoms with E-state index in [9.17, 15) is 19.1 Å². The summed E-state index contributed by atoms with van der Waals surface area (Å²) in [4.78, 5) is 28.3. The molecule has 0 atom stereocenters. The van der Waals surface area contributed by atoms with Crippen LogP contribution in [0.15, 0.2) is 18.2 Å². The Morgan fingerprint density at radius 1 is 1.16 bits per heavy atom. The van der Waals surface area contributed by atoms with Crippen molar-refractivity contribution in [3.63, 3.8) is 0 Å². The van der Waals surface area contributed by atoms with Crippen LogP contribution in [0.25, 0.3) is 0 Å². The molecule has 1 aliphatic heterocycles. The van der Waals surface area contributed by atoms with Crippen molar-refractivity contribution in [2.75, 3.05) is 26.2 Å². The van der Waals surface area contributed by atoms with E-state index in [0.29, 0.717) is 50.6 Å². The van der Waals surface area contributed by atoms with Crippen LogP contribution in [0.2, 0.25) is 5.02 Å². The molecule has 1 aliphatic carbocycles. The number of nitrogens with zero attached hydrogens (tertiary/aromatic N) is 2. The maximum Gasteiger partial charge on any atom is 0.319 e. The molecular weight excluding hydrogens is 347 g/mol. The number of amides is 1. The van der Waals surface area contributed by atoms with E-state index in [1.807, 2.05) is 0 Å². The Kier molecular flexibility index (Phi) is 5.29. The Balaban J connectivity index is 1.60. The number of benzene rings is 1. The van der Waals surface area contributed by atoms with E-state index in [1.165, 1.54) is 12.1 Å². The molecule has 0 bridgehead atoms. The molecule has 0 spiro atoms. The van der Waals surface area contributed by atoms with Gasteiger partial charge in [-0.15, -0.1) is 0 Å². The van der Waals surface area contributed by atoms with Crippen molar-refractivity contribution in [2.24, 2.45) is 5.41 Å². The lowest BCUT2D eigenvalue weighted by molar-refractivity contribution is -0.161. The third-order valence-corrected chi connectivity index (χ3v) is 5.70. The molecule has 1 heterocycles. The average Bonchev–Trinajstić information content (AvgIpc) is 3.08. The molecule has 5 nitrogen and oxygen atoms in total. The summed E-state index contributed by atoms with van der Waals surface area (Å²) >= 11 is 6.07. The minimum atomic E-state index is -1.22. The second-order valence-electron chi connectivity index (χ2n) is 6.90. The summed E-state index contributed by atoms with van der Waals surface area (Å²) in [7, 11) is 0. The van der Waals surface area contributed by atoms with Crippen LogP contribution in [0, 0.1) is 11.2 Å². The van der Waals surface area contributed by atoms with Gasteiger partial charge in [0.15, 0.2) is 0 Å². The molecule has 0 radical (unpaired) electrons. The highest BCUT2D eigenvalue weighted by atomic mass is 35.5. The van der Waals surface area contributed by atoms with Crippen molar-refractivity contribution in [1.82, 2.24) is 9.80 Å². The summed E-state index contributed by atoms with van der Waals surface area (Å²) in [5.41, 5.74) is -0.372. The van der Waals surface area contributed by atoms with Gasteiger partial charge < -0.3 is 10.0 Å². The lowest BCUT2D eigenvalue weighted by Gasteiger charge is -2.38. The minimum Gasteiger partial charge on any atom is -0.480 e. The first-order valence-electron chi connectivity index (χ1n) is 8.61. The smallest absolute Gasteiger partial charge is 0.319 e. The van der Waals surface area contributed by atoms with Crippen LogP contribution >= 0.6 is 11.6 Å². The monoisotopic (exact) mass is 368 g/mol. The first kappa shape index (κ1) is 18.1. The van der Waals surface area contributed by atoms with Gasteiger partial charge in [0.05, 0.1) is 0 Å². The van der Waals surface area contributed by atoms with Crippen LogP contribution in [-0.4, -0.2) is 53.0 Å². The molecule has 136 valence electrons. The lowest BCUT2D eigenvalue weighted by Crippen LogP contribution is -2.54. The van der Waals surface area contributed by atoms with E-state index < -0.39 is 11.4 Å². The minimum absolute atomic E-state index is 0.239. The molecule has 1 amide bonds. The summed E-state index contributed by atoms with van der Waals surface area (Å²) < 4.78 is 13.1. The molecule has 2 fully saturated rings. The second kappa shape index (κ2) is 7.30. The zero-order valence-electron chi connectivity index (χ0n) is 14.0. The molecule has 7 heteroatoms. The number of aliphatic carboxylic acids is 1. The van der Waals surface area contributed by atoms with Gasteiger partial charge >= 0.3 is 5.97 Å². The maximum atomic E-state index is 13.1. The van der Waals surface area contributed by atoms with E-state index in [1.54, 1.807) is 11.0 Å². The number of carboxylic acids is 1. The highest BCUT2D eigenvalue weighted by Gasteiger charge is 2.50. The molecule has 1 saturated carbocycles. The number of carboxylic acid groups (broad SMARTS) is 1. The number of carbonyl (C=O) groups is 2. The predicted octanol–water partition coefficient (Wildman–Crippen LogP) is 2.77. The lowest BCUT2D eigenvalue weighted by atomic mass is 9.84. The highest BCUT2D eigenvalue weighted by molar-refractivity contribution is 6.31. The molecular formula is C18H22ClFN2O3. The van der Waals surface area contributed by atoms with E-state index >= 15 is 0 Å². The van der Waals surface area contributed by atoms with Gasteiger partial charge in [-0.1, -0.05) is 30.5 Å². The van der Waals surface area contributed by atoms with E-state index in [4.69, 9.17) is 11.6 Å². The average molecular weight is 369 g/mol. The van der Waals surface area contributed by atoms with Crippen LogP contribution in [0.5, 0.6) is 0 Å². The number of halogens is 2. The first-order chi connectivity index (χ1) is 11.9. The molecule has 1 aromatic rings. The molecule has 0 unspecified atom stereocenters. The molecule has 3 rings (SSSR count). The van der Waals surface area contributed by atoms with Gasteiger partial charge in [-0.25, -0.2) is 4.39 Å². The molecule has 1 saturated heterocycles. The van der Waals surface area contributed by atoms with Gasteiger partial charge in [-0.05, 0) is 30.5 Å². The summed E-state index contributed by atoms with van der Waals surface area (Å²) in [5.74, 6) is -1.59. The fourth-order valence-electron chi connectivity index (χ4n) is 3.80. The third-order valence-electron chi connectivity index (χ3n) is 5.34. The molecule has 0 aromatic heterocycles. The number of carbonyl (C=O) groups excluding carboxylic acids is 1. The van der Waals surface area contributed by atoms with Gasteiger partial charge in [0.25, 0.3) is 0 Å². The van der Waals surface area contributed by atoms with Crippen molar-refractivity contribution < 1.29 is 19.1 Å². The van der Waals surface area contributed by atoms with Crippen molar-refractivity contribution in [2.45, 2.75) is 32.2 Å². The summed E-state index contributed by atoms with van der Waals surface area (Å²) in [6.07, 6.45) is 2.46. The number of piperazine rings is 1. The normalized spacial score (nSPS) is 20.6. The molecule has 25 heavy (non-hydrogen) atoms. The van der Waals surface area contributed by atoms with Crippen LogP contribution in [0.3, 0.4) is 0 Å².